The number of carbonyl (C=O) groups excluding carboxylic acids is 1. The molecule has 0 unspecified atom stereocenters. The minimum Gasteiger partial charge on any atom is -0.488 e. The molecule has 3 nitrogen and oxygen atoms in total. The maximum Gasteiger partial charge on any atom is 0.166 e. The van der Waals surface area contributed by atoms with E-state index in [4.69, 9.17) is 16.3 Å². The molecule has 0 aliphatic rings. The van der Waals surface area contributed by atoms with Crippen molar-refractivity contribution < 1.29 is 9.53 Å². The lowest BCUT2D eigenvalue weighted by Gasteiger charge is -2.09. The lowest BCUT2D eigenvalue weighted by atomic mass is 10.1. The molecule has 0 aliphatic carbocycles. The highest BCUT2D eigenvalue weighted by atomic mass is 35.5. The Kier molecular flexibility index (Phi) is 4.45. The van der Waals surface area contributed by atoms with Gasteiger partial charge in [-0.1, -0.05) is 36.4 Å². The highest BCUT2D eigenvalue weighted by Crippen LogP contribution is 2.30. The molecule has 0 amide bonds. The first kappa shape index (κ1) is 14.7. The second-order valence-corrected chi connectivity index (χ2v) is 5.40. The van der Waals surface area contributed by atoms with E-state index in [9.17, 15) is 4.79 Å². The highest BCUT2D eigenvalue weighted by molar-refractivity contribution is 6.20. The quantitative estimate of drug-likeness (QED) is 0.535. The largest absolute Gasteiger partial charge is 0.488 e. The van der Waals surface area contributed by atoms with Gasteiger partial charge in [-0.15, -0.1) is 11.6 Å². The van der Waals surface area contributed by atoms with Crippen molar-refractivity contribution in [3.63, 3.8) is 0 Å². The normalized spacial score (nSPS) is 10.8. The van der Waals surface area contributed by atoms with E-state index in [0.717, 1.165) is 16.5 Å². The molecule has 1 N–H and O–H groups in total. The molecule has 22 heavy (non-hydrogen) atoms. The molecule has 0 bridgehead atoms. The minimum atomic E-state index is 0.0250. The van der Waals surface area contributed by atoms with Gasteiger partial charge in [-0.25, -0.2) is 0 Å². The Bertz CT molecular complexity index is 780. The number of nitrogens with one attached hydrogen (secondary N) is 1. The molecule has 0 aliphatic heterocycles. The molecule has 0 saturated heterocycles. The maximum atomic E-state index is 12.2. The number of hydrogen-bond donors (Lipinski definition) is 1. The molecular weight excluding hydrogens is 298 g/mol. The summed E-state index contributed by atoms with van der Waals surface area (Å²) in [5, 5.41) is 0.827. The molecule has 1 aromatic heterocycles. The molecule has 2 aromatic carbocycles. The Morgan fingerprint density at radius 1 is 1.09 bits per heavy atom. The molecule has 1 heterocycles. The molecular formula is C18H16ClNO2. The summed E-state index contributed by atoms with van der Waals surface area (Å²) in [6, 6.07) is 15.7. The van der Waals surface area contributed by atoms with E-state index in [1.54, 1.807) is 6.20 Å². The first-order valence-electron chi connectivity index (χ1n) is 7.15. The van der Waals surface area contributed by atoms with Crippen LogP contribution in [0.1, 0.15) is 22.3 Å². The van der Waals surface area contributed by atoms with Crippen LogP contribution in [0.5, 0.6) is 5.75 Å². The number of carbonyl (C=O) groups is 1. The fourth-order valence-corrected chi connectivity index (χ4v) is 2.62. The monoisotopic (exact) mass is 313 g/mol. The van der Waals surface area contributed by atoms with Gasteiger partial charge in [0.2, 0.25) is 0 Å². The van der Waals surface area contributed by atoms with Gasteiger partial charge in [0.05, 0.1) is 5.39 Å². The molecule has 0 spiro atoms. The Balaban J connectivity index is 1.92. The average molecular weight is 314 g/mol. The van der Waals surface area contributed by atoms with Crippen molar-refractivity contribution in [2.24, 2.45) is 0 Å². The average Bonchev–Trinajstić information content (AvgIpc) is 2.99. The van der Waals surface area contributed by atoms with Crippen LogP contribution in [0, 0.1) is 0 Å². The van der Waals surface area contributed by atoms with E-state index in [1.165, 1.54) is 0 Å². The van der Waals surface area contributed by atoms with Crippen LogP contribution < -0.4 is 4.74 Å². The number of aromatic nitrogens is 1. The number of Topliss-reactive ketones (excluding diaryl/α,β-unsaturated/α-hetero) is 1. The Morgan fingerprint density at radius 3 is 2.68 bits per heavy atom. The van der Waals surface area contributed by atoms with Crippen molar-refractivity contribution in [1.82, 2.24) is 4.98 Å². The van der Waals surface area contributed by atoms with Crippen LogP contribution in [0.2, 0.25) is 0 Å². The van der Waals surface area contributed by atoms with Crippen LogP contribution in [-0.4, -0.2) is 16.6 Å². The van der Waals surface area contributed by atoms with Crippen molar-refractivity contribution in [2.45, 2.75) is 13.0 Å². The molecule has 0 radical (unpaired) electrons. The fourth-order valence-electron chi connectivity index (χ4n) is 2.45. The lowest BCUT2D eigenvalue weighted by molar-refractivity contribution is 0.0990. The fraction of sp³-hybridized carbons (Fsp3) is 0.167. The van der Waals surface area contributed by atoms with Gasteiger partial charge in [0.1, 0.15) is 12.4 Å². The Morgan fingerprint density at radius 2 is 1.91 bits per heavy atom. The van der Waals surface area contributed by atoms with Gasteiger partial charge in [0, 0.05) is 29.6 Å². The second-order valence-electron chi connectivity index (χ2n) is 5.02. The van der Waals surface area contributed by atoms with E-state index in [0.29, 0.717) is 30.2 Å². The number of rotatable bonds is 6. The van der Waals surface area contributed by atoms with E-state index in [1.807, 2.05) is 48.5 Å². The standard InChI is InChI=1S/C18H16ClNO2/c19-10-9-16(21)14-11-20-15-7-4-8-17(18(14)15)22-12-13-5-2-1-3-6-13/h1-8,11,20H,9-10,12H2. The number of hydrogen-bond acceptors (Lipinski definition) is 2. The summed E-state index contributed by atoms with van der Waals surface area (Å²) in [5.41, 5.74) is 2.62. The van der Waals surface area contributed by atoms with E-state index >= 15 is 0 Å². The number of fused-ring (bicyclic) bond motifs is 1. The van der Waals surface area contributed by atoms with Gasteiger partial charge in [-0.05, 0) is 17.7 Å². The van der Waals surface area contributed by atoms with Crippen molar-refractivity contribution in [1.29, 1.82) is 0 Å². The molecule has 3 aromatic rings. The Labute approximate surface area is 133 Å². The molecule has 0 atom stereocenters. The number of alkyl halides is 1. The van der Waals surface area contributed by atoms with Crippen molar-refractivity contribution >= 4 is 28.3 Å². The van der Waals surface area contributed by atoms with E-state index in [-0.39, 0.29) is 5.78 Å². The maximum absolute atomic E-state index is 12.2. The van der Waals surface area contributed by atoms with Gasteiger partial charge in [-0.2, -0.15) is 0 Å². The van der Waals surface area contributed by atoms with Crippen LogP contribution in [0.15, 0.2) is 54.7 Å². The number of aromatic amines is 1. The van der Waals surface area contributed by atoms with Crippen molar-refractivity contribution in [3.05, 3.63) is 65.9 Å². The lowest BCUT2D eigenvalue weighted by Crippen LogP contribution is -2.00. The summed E-state index contributed by atoms with van der Waals surface area (Å²) in [7, 11) is 0. The molecule has 0 fully saturated rings. The predicted molar refractivity (Wildman–Crippen MR) is 88.7 cm³/mol. The number of ether oxygens (including phenoxy) is 1. The van der Waals surface area contributed by atoms with Crippen LogP contribution in [0.4, 0.5) is 0 Å². The molecule has 112 valence electrons. The van der Waals surface area contributed by atoms with Crippen molar-refractivity contribution in [2.75, 3.05) is 5.88 Å². The van der Waals surface area contributed by atoms with Gasteiger partial charge in [-0.3, -0.25) is 4.79 Å². The smallest absolute Gasteiger partial charge is 0.166 e. The van der Waals surface area contributed by atoms with Crippen molar-refractivity contribution in [3.8, 4) is 5.75 Å². The number of halogens is 1. The van der Waals surface area contributed by atoms with E-state index < -0.39 is 0 Å². The van der Waals surface area contributed by atoms with Gasteiger partial charge < -0.3 is 9.72 Å². The summed E-state index contributed by atoms with van der Waals surface area (Å²) < 4.78 is 5.93. The summed E-state index contributed by atoms with van der Waals surface area (Å²) in [6.07, 6.45) is 2.05. The zero-order valence-electron chi connectivity index (χ0n) is 12.0. The molecule has 3 rings (SSSR count). The highest BCUT2D eigenvalue weighted by Gasteiger charge is 2.15. The molecule has 0 saturated carbocycles. The van der Waals surface area contributed by atoms with Gasteiger partial charge in [0.15, 0.2) is 5.78 Å². The summed E-state index contributed by atoms with van der Waals surface area (Å²) in [4.78, 5) is 15.3. The third-order valence-corrected chi connectivity index (χ3v) is 3.72. The van der Waals surface area contributed by atoms with E-state index in [2.05, 4.69) is 4.98 Å². The number of benzene rings is 2. The third-order valence-electron chi connectivity index (χ3n) is 3.53. The van der Waals surface area contributed by atoms with Crippen LogP contribution in [0.3, 0.4) is 0 Å². The zero-order valence-corrected chi connectivity index (χ0v) is 12.8. The van der Waals surface area contributed by atoms with Gasteiger partial charge in [0.25, 0.3) is 0 Å². The predicted octanol–water partition coefficient (Wildman–Crippen LogP) is 4.56. The topological polar surface area (TPSA) is 42.1 Å². The first-order valence-corrected chi connectivity index (χ1v) is 7.69. The van der Waals surface area contributed by atoms with Crippen LogP contribution >= 0.6 is 11.6 Å². The van der Waals surface area contributed by atoms with Crippen LogP contribution in [0.25, 0.3) is 10.9 Å². The summed E-state index contributed by atoms with van der Waals surface area (Å²) >= 11 is 5.68. The first-order chi connectivity index (χ1) is 10.8. The summed E-state index contributed by atoms with van der Waals surface area (Å²) in [6.45, 7) is 0.467. The Hall–Kier alpha value is -2.26. The molecule has 4 heteroatoms. The second kappa shape index (κ2) is 6.67. The summed E-state index contributed by atoms with van der Waals surface area (Å²) in [5.74, 6) is 1.05. The number of ketones is 1. The van der Waals surface area contributed by atoms with Crippen LogP contribution in [-0.2, 0) is 6.61 Å². The number of H-pyrrole nitrogens is 1. The van der Waals surface area contributed by atoms with Gasteiger partial charge >= 0.3 is 0 Å². The SMILES string of the molecule is O=C(CCCl)c1c[nH]c2cccc(OCc3ccccc3)c12. The minimum absolute atomic E-state index is 0.0250. The third kappa shape index (κ3) is 3.00. The zero-order chi connectivity index (χ0) is 15.4.